The van der Waals surface area contributed by atoms with E-state index in [0.717, 1.165) is 29.8 Å². The first kappa shape index (κ1) is 31.7. The molecule has 3 N–H and O–H groups in total. The van der Waals surface area contributed by atoms with Crippen LogP contribution in [0.25, 0.3) is 0 Å². The molecule has 0 saturated heterocycles. The van der Waals surface area contributed by atoms with Gasteiger partial charge in [0.25, 0.3) is 5.91 Å². The number of anilines is 1. The lowest BCUT2D eigenvalue weighted by atomic mass is 9.98. The SMILES string of the molecule is C[C@H](Cc1cc2c(c(C(N)=O)c1)N(CCCOC(=O)c1ccccc1)CC2)NCCOc1ccccc1OCC(F)(F)F. The molecule has 1 aliphatic rings. The third-order valence-corrected chi connectivity index (χ3v) is 6.93. The van der Waals surface area contributed by atoms with Crippen molar-refractivity contribution in [1.82, 2.24) is 5.32 Å². The summed E-state index contributed by atoms with van der Waals surface area (Å²) in [6, 6.07) is 19.0. The number of hydrogen-bond acceptors (Lipinski definition) is 7. The zero-order chi connectivity index (χ0) is 30.8. The van der Waals surface area contributed by atoms with Gasteiger partial charge in [0.05, 0.1) is 23.4 Å². The van der Waals surface area contributed by atoms with Crippen LogP contribution < -0.4 is 25.4 Å². The molecule has 4 rings (SSSR count). The van der Waals surface area contributed by atoms with Crippen molar-refractivity contribution in [3.05, 3.63) is 89.0 Å². The number of nitrogens with one attached hydrogen (secondary N) is 1. The van der Waals surface area contributed by atoms with E-state index in [2.05, 4.69) is 16.3 Å². The fourth-order valence-corrected chi connectivity index (χ4v) is 5.04. The average molecular weight is 600 g/mol. The second kappa shape index (κ2) is 14.8. The summed E-state index contributed by atoms with van der Waals surface area (Å²) in [6.45, 7) is 2.91. The van der Waals surface area contributed by atoms with Gasteiger partial charge in [0.1, 0.15) is 6.61 Å². The molecule has 230 valence electrons. The van der Waals surface area contributed by atoms with Crippen molar-refractivity contribution in [2.75, 3.05) is 44.4 Å². The highest BCUT2D eigenvalue weighted by molar-refractivity contribution is 6.00. The molecular formula is C32H36F3N3O5. The Morgan fingerprint density at radius 3 is 2.40 bits per heavy atom. The number of hydrogen-bond donors (Lipinski definition) is 2. The first-order chi connectivity index (χ1) is 20.6. The first-order valence-electron chi connectivity index (χ1n) is 14.2. The van der Waals surface area contributed by atoms with Crippen molar-refractivity contribution in [3.63, 3.8) is 0 Å². The van der Waals surface area contributed by atoms with Gasteiger partial charge < -0.3 is 30.2 Å². The molecule has 1 amide bonds. The lowest BCUT2D eigenvalue weighted by Gasteiger charge is -2.22. The maximum absolute atomic E-state index is 12.5. The van der Waals surface area contributed by atoms with Crippen LogP contribution in [0.4, 0.5) is 18.9 Å². The van der Waals surface area contributed by atoms with Gasteiger partial charge >= 0.3 is 12.1 Å². The fourth-order valence-electron chi connectivity index (χ4n) is 5.04. The molecule has 1 atom stereocenters. The number of esters is 1. The molecule has 0 aliphatic carbocycles. The molecule has 0 fully saturated rings. The Hall–Kier alpha value is -4.25. The van der Waals surface area contributed by atoms with Gasteiger partial charge in [-0.25, -0.2) is 4.79 Å². The van der Waals surface area contributed by atoms with Crippen LogP contribution in [0, 0.1) is 0 Å². The number of primary amides is 1. The Bertz CT molecular complexity index is 1380. The maximum Gasteiger partial charge on any atom is 0.422 e. The summed E-state index contributed by atoms with van der Waals surface area (Å²) in [5, 5.41) is 3.34. The van der Waals surface area contributed by atoms with Crippen molar-refractivity contribution in [2.24, 2.45) is 5.73 Å². The summed E-state index contributed by atoms with van der Waals surface area (Å²) in [5.74, 6) is -0.586. The Balaban J connectivity index is 1.26. The van der Waals surface area contributed by atoms with Gasteiger partial charge in [0.15, 0.2) is 18.1 Å². The summed E-state index contributed by atoms with van der Waals surface area (Å²) >= 11 is 0. The van der Waals surface area contributed by atoms with E-state index < -0.39 is 18.7 Å². The monoisotopic (exact) mass is 599 g/mol. The second-order valence-electron chi connectivity index (χ2n) is 10.4. The van der Waals surface area contributed by atoms with Crippen molar-refractivity contribution < 1.29 is 37.0 Å². The van der Waals surface area contributed by atoms with Crippen molar-refractivity contribution >= 4 is 17.6 Å². The summed E-state index contributed by atoms with van der Waals surface area (Å²) in [5.41, 5.74) is 9.62. The quantitative estimate of drug-likeness (QED) is 0.189. The third-order valence-electron chi connectivity index (χ3n) is 6.93. The van der Waals surface area contributed by atoms with Gasteiger partial charge in [-0.2, -0.15) is 13.2 Å². The normalized spacial score (nSPS) is 13.3. The Morgan fingerprint density at radius 1 is 1.00 bits per heavy atom. The van der Waals surface area contributed by atoms with E-state index in [1.807, 2.05) is 19.1 Å². The van der Waals surface area contributed by atoms with E-state index in [9.17, 15) is 22.8 Å². The average Bonchev–Trinajstić information content (AvgIpc) is 3.39. The standard InChI is InChI=1S/C32H36F3N3O5/c1-22(37-13-17-41-27-10-5-6-11-28(27)43-21-32(33,34)35)18-23-19-25-12-15-38(29(25)26(20-23)30(36)39)14-7-16-42-31(40)24-8-3-2-4-9-24/h2-6,8-11,19-20,22,37H,7,12-18,21H2,1H3,(H2,36,39)/t22-/m1/s1. The minimum Gasteiger partial charge on any atom is -0.488 e. The molecule has 0 unspecified atom stereocenters. The van der Waals surface area contributed by atoms with E-state index >= 15 is 0 Å². The molecule has 3 aromatic rings. The fraction of sp³-hybridized carbons (Fsp3) is 0.375. The second-order valence-corrected chi connectivity index (χ2v) is 10.4. The Kier molecular flexibility index (Phi) is 10.9. The van der Waals surface area contributed by atoms with E-state index in [1.54, 1.807) is 42.5 Å². The third kappa shape index (κ3) is 9.37. The molecule has 0 spiro atoms. The number of carbonyl (C=O) groups excluding carboxylic acids is 2. The minimum absolute atomic E-state index is 0.0240. The van der Waals surface area contributed by atoms with E-state index in [0.29, 0.717) is 37.1 Å². The predicted molar refractivity (Wildman–Crippen MR) is 157 cm³/mol. The van der Waals surface area contributed by atoms with Gasteiger partial charge in [-0.15, -0.1) is 0 Å². The van der Waals surface area contributed by atoms with Gasteiger partial charge in [0.2, 0.25) is 0 Å². The number of ether oxygens (including phenoxy) is 3. The number of benzene rings is 3. The molecule has 11 heteroatoms. The van der Waals surface area contributed by atoms with E-state index in [1.165, 1.54) is 6.07 Å². The summed E-state index contributed by atoms with van der Waals surface area (Å²) in [7, 11) is 0. The van der Waals surface area contributed by atoms with Gasteiger partial charge in [0, 0.05) is 25.7 Å². The van der Waals surface area contributed by atoms with Crippen LogP contribution in [0.2, 0.25) is 0 Å². The highest BCUT2D eigenvalue weighted by Gasteiger charge is 2.29. The van der Waals surface area contributed by atoms with Crippen LogP contribution in [0.3, 0.4) is 0 Å². The number of carbonyl (C=O) groups is 2. The molecule has 0 bridgehead atoms. The number of halogens is 3. The topological polar surface area (TPSA) is 103 Å². The molecular weight excluding hydrogens is 563 g/mol. The Labute approximate surface area is 248 Å². The van der Waals surface area contributed by atoms with Crippen molar-refractivity contribution in [1.29, 1.82) is 0 Å². The minimum atomic E-state index is -4.44. The lowest BCUT2D eigenvalue weighted by molar-refractivity contribution is -0.153. The number of rotatable bonds is 15. The smallest absolute Gasteiger partial charge is 0.422 e. The first-order valence-corrected chi connectivity index (χ1v) is 14.2. The van der Waals surface area contributed by atoms with Gasteiger partial charge in [-0.3, -0.25) is 4.79 Å². The van der Waals surface area contributed by atoms with Crippen LogP contribution in [0.5, 0.6) is 11.5 Å². The highest BCUT2D eigenvalue weighted by atomic mass is 19.4. The largest absolute Gasteiger partial charge is 0.488 e. The van der Waals surface area contributed by atoms with Crippen LogP contribution in [-0.2, 0) is 17.6 Å². The Morgan fingerprint density at radius 2 is 1.70 bits per heavy atom. The van der Waals surface area contributed by atoms with E-state index in [4.69, 9.17) is 19.9 Å². The van der Waals surface area contributed by atoms with E-state index in [-0.39, 0.29) is 36.7 Å². The van der Waals surface area contributed by atoms with Crippen LogP contribution in [0.15, 0.2) is 66.7 Å². The van der Waals surface area contributed by atoms with Gasteiger partial charge in [-0.05, 0) is 67.6 Å². The molecule has 0 radical (unpaired) electrons. The predicted octanol–water partition coefficient (Wildman–Crippen LogP) is 4.94. The van der Waals surface area contributed by atoms with Crippen molar-refractivity contribution in [2.45, 2.75) is 38.4 Å². The maximum atomic E-state index is 12.5. The number of alkyl halides is 3. The molecule has 8 nitrogen and oxygen atoms in total. The van der Waals surface area contributed by atoms with Crippen LogP contribution in [-0.4, -0.2) is 63.5 Å². The number of nitrogens with zero attached hydrogens (tertiary/aromatic N) is 1. The zero-order valence-electron chi connectivity index (χ0n) is 24.0. The van der Waals surface area contributed by atoms with Crippen molar-refractivity contribution in [3.8, 4) is 11.5 Å². The zero-order valence-corrected chi connectivity index (χ0v) is 24.0. The highest BCUT2D eigenvalue weighted by Crippen LogP contribution is 2.34. The molecule has 0 saturated carbocycles. The van der Waals surface area contributed by atoms with Crippen LogP contribution >= 0.6 is 0 Å². The number of amides is 1. The number of para-hydroxylation sites is 2. The molecule has 1 aliphatic heterocycles. The molecule has 1 heterocycles. The number of fused-ring (bicyclic) bond motifs is 1. The lowest BCUT2D eigenvalue weighted by Crippen LogP contribution is -2.32. The molecule has 43 heavy (non-hydrogen) atoms. The summed E-state index contributed by atoms with van der Waals surface area (Å²) < 4.78 is 53.5. The molecule has 0 aromatic heterocycles. The molecule has 3 aromatic carbocycles. The van der Waals surface area contributed by atoms with Crippen LogP contribution in [0.1, 0.15) is 45.2 Å². The number of nitrogens with two attached hydrogens (primary N) is 1. The summed E-state index contributed by atoms with van der Waals surface area (Å²) in [6.07, 6.45) is -2.42. The van der Waals surface area contributed by atoms with Gasteiger partial charge in [-0.1, -0.05) is 36.4 Å². The summed E-state index contributed by atoms with van der Waals surface area (Å²) in [4.78, 5) is 26.7.